The molecule has 8 nitrogen and oxygen atoms in total. The topological polar surface area (TPSA) is 106 Å². The van der Waals surface area contributed by atoms with E-state index in [1.54, 1.807) is 55.5 Å². The van der Waals surface area contributed by atoms with Crippen LogP contribution < -0.4 is 14.4 Å². The summed E-state index contributed by atoms with van der Waals surface area (Å²) in [5.74, 6) is -1.02. The number of rotatable bonds is 8. The quantitative estimate of drug-likeness (QED) is 0.197. The van der Waals surface area contributed by atoms with Crippen LogP contribution in [0.5, 0.6) is 11.5 Å². The monoisotopic (exact) mass is 506 g/mol. The molecule has 1 amide bonds. The Morgan fingerprint density at radius 2 is 1.86 bits per heavy atom. The fourth-order valence-electron chi connectivity index (χ4n) is 4.06. The number of aromatic nitrogens is 1. The minimum Gasteiger partial charge on any atom is -0.507 e. The average Bonchev–Trinajstić information content (AvgIpc) is 3.39. The molecule has 1 aliphatic rings. The second kappa shape index (κ2) is 10.3. The Balaban J connectivity index is 1.91. The van der Waals surface area contributed by atoms with Gasteiger partial charge in [0.25, 0.3) is 5.78 Å². The molecule has 1 saturated heterocycles. The molecular weight excluding hydrogens is 480 g/mol. The number of anilines is 1. The number of Topliss-reactive ketones (excluding diaryl/α,β-unsaturated/α-hetero) is 2. The molecule has 2 aromatic carbocycles. The number of nitrogens with zero attached hydrogens (tertiary/aromatic N) is 2. The number of hydrogen-bond acceptors (Lipinski definition) is 8. The molecule has 0 spiro atoms. The number of hydrogen-bond donors (Lipinski definition) is 1. The summed E-state index contributed by atoms with van der Waals surface area (Å²) in [6.07, 6.45) is 0.812. The molecule has 1 aromatic heterocycles. The highest BCUT2D eigenvalue weighted by molar-refractivity contribution is 7.18. The second-order valence-electron chi connectivity index (χ2n) is 8.29. The van der Waals surface area contributed by atoms with Gasteiger partial charge in [-0.15, -0.1) is 0 Å². The van der Waals surface area contributed by atoms with Crippen molar-refractivity contribution in [2.75, 3.05) is 18.6 Å². The molecule has 0 saturated carbocycles. The van der Waals surface area contributed by atoms with Crippen LogP contribution in [0, 0.1) is 6.92 Å². The molecule has 0 aliphatic carbocycles. The number of carbonyl (C=O) groups is 3. The highest BCUT2D eigenvalue weighted by atomic mass is 32.1. The van der Waals surface area contributed by atoms with E-state index in [1.165, 1.54) is 18.9 Å². The Kier molecular flexibility index (Phi) is 7.21. The van der Waals surface area contributed by atoms with Crippen molar-refractivity contribution in [2.45, 2.75) is 33.2 Å². The maximum Gasteiger partial charge on any atom is 0.301 e. The van der Waals surface area contributed by atoms with Gasteiger partial charge in [0.1, 0.15) is 17.3 Å². The normalized spacial score (nSPS) is 16.9. The highest BCUT2D eigenvalue weighted by Gasteiger charge is 2.48. The Labute approximate surface area is 212 Å². The van der Waals surface area contributed by atoms with E-state index in [9.17, 15) is 19.5 Å². The number of aliphatic hydroxyl groups is 1. The van der Waals surface area contributed by atoms with Gasteiger partial charge in [-0.3, -0.25) is 19.3 Å². The summed E-state index contributed by atoms with van der Waals surface area (Å²) in [5, 5.41) is 11.5. The van der Waals surface area contributed by atoms with Gasteiger partial charge in [-0.2, -0.15) is 0 Å². The molecule has 1 aliphatic heterocycles. The van der Waals surface area contributed by atoms with Gasteiger partial charge < -0.3 is 14.6 Å². The SMILES string of the molecule is CCCOc1cccc(C2/C(=C(\O)c3ccc(OC)cc3)C(=O)C(=O)N2c2nc(C)c(C(C)=O)s2)c1. The first-order valence-electron chi connectivity index (χ1n) is 11.4. The first kappa shape index (κ1) is 25.1. The molecule has 0 bridgehead atoms. The molecule has 1 atom stereocenters. The summed E-state index contributed by atoms with van der Waals surface area (Å²) in [7, 11) is 1.53. The molecule has 2 heterocycles. The number of carbonyl (C=O) groups excluding carboxylic acids is 3. The maximum atomic E-state index is 13.3. The van der Waals surface area contributed by atoms with Crippen molar-refractivity contribution >= 4 is 39.7 Å². The van der Waals surface area contributed by atoms with Crippen molar-refractivity contribution in [3.05, 3.63) is 75.8 Å². The Morgan fingerprint density at radius 3 is 2.47 bits per heavy atom. The van der Waals surface area contributed by atoms with Gasteiger partial charge >= 0.3 is 5.91 Å². The molecule has 36 heavy (non-hydrogen) atoms. The van der Waals surface area contributed by atoms with Crippen LogP contribution >= 0.6 is 11.3 Å². The Bertz CT molecular complexity index is 1360. The van der Waals surface area contributed by atoms with E-state index in [4.69, 9.17) is 9.47 Å². The molecule has 186 valence electrons. The number of thiazole rings is 1. The Hall–Kier alpha value is -3.98. The average molecular weight is 507 g/mol. The lowest BCUT2D eigenvalue weighted by Gasteiger charge is -2.23. The third-order valence-electron chi connectivity index (χ3n) is 5.77. The molecule has 1 fully saturated rings. The summed E-state index contributed by atoms with van der Waals surface area (Å²) in [6.45, 7) is 5.60. The van der Waals surface area contributed by atoms with Crippen LogP contribution in [0.3, 0.4) is 0 Å². The molecule has 1 N–H and O–H groups in total. The first-order valence-corrected chi connectivity index (χ1v) is 12.2. The molecule has 9 heteroatoms. The lowest BCUT2D eigenvalue weighted by molar-refractivity contribution is -0.132. The zero-order valence-electron chi connectivity index (χ0n) is 20.4. The summed E-state index contributed by atoms with van der Waals surface area (Å²) in [4.78, 5) is 44.8. The predicted octanol–water partition coefficient (Wildman–Crippen LogP) is 5.08. The van der Waals surface area contributed by atoms with Crippen molar-refractivity contribution in [3.8, 4) is 11.5 Å². The van der Waals surface area contributed by atoms with E-state index in [0.717, 1.165) is 17.8 Å². The lowest BCUT2D eigenvalue weighted by Crippen LogP contribution is -2.29. The number of methoxy groups -OCH3 is 1. The third-order valence-corrected chi connectivity index (χ3v) is 7.02. The van der Waals surface area contributed by atoms with Crippen LogP contribution in [0.1, 0.15) is 52.8 Å². The molecule has 4 rings (SSSR count). The van der Waals surface area contributed by atoms with Crippen molar-refractivity contribution in [1.82, 2.24) is 4.98 Å². The van der Waals surface area contributed by atoms with Gasteiger partial charge in [0.05, 0.1) is 35.9 Å². The standard InChI is InChI=1S/C27H26N2O6S/c1-5-13-35-20-8-6-7-18(14-20)22-21(23(31)17-9-11-19(34-4)12-10-17)24(32)26(33)29(22)27-28-15(2)25(36-27)16(3)30/h6-12,14,22,31H,5,13H2,1-4H3/b23-21+. The number of aliphatic hydroxyl groups excluding tert-OH is 1. The fourth-order valence-corrected chi connectivity index (χ4v) is 5.04. The smallest absolute Gasteiger partial charge is 0.301 e. The van der Waals surface area contributed by atoms with Crippen LogP contribution in [0.25, 0.3) is 5.76 Å². The zero-order valence-corrected chi connectivity index (χ0v) is 21.2. The van der Waals surface area contributed by atoms with E-state index < -0.39 is 17.7 Å². The Morgan fingerprint density at radius 1 is 1.14 bits per heavy atom. The van der Waals surface area contributed by atoms with Crippen molar-refractivity contribution in [2.24, 2.45) is 0 Å². The van der Waals surface area contributed by atoms with E-state index in [1.807, 2.05) is 6.92 Å². The lowest BCUT2D eigenvalue weighted by atomic mass is 9.95. The van der Waals surface area contributed by atoms with Gasteiger partial charge in [-0.25, -0.2) is 4.98 Å². The molecule has 1 unspecified atom stereocenters. The molecule has 0 radical (unpaired) electrons. The van der Waals surface area contributed by atoms with E-state index in [-0.39, 0.29) is 22.2 Å². The minimum atomic E-state index is -0.970. The molecule has 3 aromatic rings. The van der Waals surface area contributed by atoms with Crippen LogP contribution in [-0.2, 0) is 9.59 Å². The summed E-state index contributed by atoms with van der Waals surface area (Å²) < 4.78 is 11.0. The molecular formula is C27H26N2O6S. The minimum absolute atomic E-state index is 0.0740. The van der Waals surface area contributed by atoms with Gasteiger partial charge in [0.15, 0.2) is 10.9 Å². The largest absolute Gasteiger partial charge is 0.507 e. The van der Waals surface area contributed by atoms with E-state index >= 15 is 0 Å². The van der Waals surface area contributed by atoms with Crippen LogP contribution in [0.4, 0.5) is 5.13 Å². The van der Waals surface area contributed by atoms with Gasteiger partial charge in [-0.1, -0.05) is 30.4 Å². The van der Waals surface area contributed by atoms with E-state index in [2.05, 4.69) is 4.98 Å². The van der Waals surface area contributed by atoms with Gasteiger partial charge in [0, 0.05) is 12.5 Å². The number of amides is 1. The first-order chi connectivity index (χ1) is 17.3. The number of benzene rings is 2. The summed E-state index contributed by atoms with van der Waals surface area (Å²) in [5.41, 5.74) is 1.32. The van der Waals surface area contributed by atoms with E-state index in [0.29, 0.717) is 39.8 Å². The predicted molar refractivity (Wildman–Crippen MR) is 137 cm³/mol. The third kappa shape index (κ3) is 4.61. The summed E-state index contributed by atoms with van der Waals surface area (Å²) in [6, 6.07) is 12.6. The maximum absolute atomic E-state index is 13.3. The van der Waals surface area contributed by atoms with Crippen molar-refractivity contribution < 1.29 is 29.0 Å². The van der Waals surface area contributed by atoms with Crippen molar-refractivity contribution in [1.29, 1.82) is 0 Å². The number of ketones is 2. The number of aryl methyl sites for hydroxylation is 1. The highest BCUT2D eigenvalue weighted by Crippen LogP contribution is 2.44. The van der Waals surface area contributed by atoms with Crippen LogP contribution in [0.15, 0.2) is 54.1 Å². The van der Waals surface area contributed by atoms with Crippen molar-refractivity contribution in [3.63, 3.8) is 0 Å². The van der Waals surface area contributed by atoms with Crippen LogP contribution in [0.2, 0.25) is 0 Å². The van der Waals surface area contributed by atoms with Gasteiger partial charge in [-0.05, 0) is 55.3 Å². The van der Waals surface area contributed by atoms with Gasteiger partial charge in [0.2, 0.25) is 0 Å². The zero-order chi connectivity index (χ0) is 26.0. The fraction of sp³-hybridized carbons (Fsp3) is 0.259. The number of ether oxygens (including phenoxy) is 2. The summed E-state index contributed by atoms with van der Waals surface area (Å²) >= 11 is 1.04. The van der Waals surface area contributed by atoms with Crippen LogP contribution in [-0.4, -0.2) is 41.3 Å². The second-order valence-corrected chi connectivity index (χ2v) is 9.26.